The largest absolute Gasteiger partial charge is 0.468 e. The Kier molecular flexibility index (Phi) is 5.32. The Morgan fingerprint density at radius 1 is 1.64 bits per heavy atom. The average Bonchev–Trinajstić information content (AvgIpc) is 1.98. The van der Waals surface area contributed by atoms with Gasteiger partial charge in [0.05, 0.1) is 7.11 Å². The molecule has 0 unspecified atom stereocenters. The zero-order chi connectivity index (χ0) is 8.85. The second kappa shape index (κ2) is 5.43. The van der Waals surface area contributed by atoms with Gasteiger partial charge in [-0.25, -0.2) is 0 Å². The Balaban J connectivity index is 3.52. The molecule has 0 aliphatic heterocycles. The van der Waals surface area contributed by atoms with E-state index in [9.17, 15) is 4.79 Å². The Hall–Kier alpha value is -0.220. The molecule has 0 aliphatic carbocycles. The van der Waals surface area contributed by atoms with E-state index in [0.717, 1.165) is 0 Å². The van der Waals surface area contributed by atoms with Gasteiger partial charge in [-0.3, -0.25) is 4.79 Å². The van der Waals surface area contributed by atoms with Crippen molar-refractivity contribution in [3.8, 4) is 0 Å². The number of carbonyl (C=O) groups excluding carboxylic acids is 1. The average molecular weight is 177 g/mol. The first-order valence-corrected chi connectivity index (χ1v) is 4.57. The van der Waals surface area contributed by atoms with Gasteiger partial charge in [0.2, 0.25) is 0 Å². The highest BCUT2D eigenvalue weighted by atomic mass is 32.2. The molecule has 0 radical (unpaired) electrons. The van der Waals surface area contributed by atoms with Gasteiger partial charge in [0.15, 0.2) is 0 Å². The topological polar surface area (TPSA) is 52.3 Å². The van der Waals surface area contributed by atoms with E-state index in [1.807, 2.05) is 0 Å². The van der Waals surface area contributed by atoms with Crippen LogP contribution in [0, 0.1) is 0 Å². The van der Waals surface area contributed by atoms with Crippen molar-refractivity contribution in [3.05, 3.63) is 0 Å². The van der Waals surface area contributed by atoms with E-state index in [0.29, 0.717) is 11.0 Å². The summed E-state index contributed by atoms with van der Waals surface area (Å²) in [4.78, 5) is 10.8. The number of esters is 1. The SMILES string of the molecule is COC(=O)[C@@H](N)CSC(C)C. The van der Waals surface area contributed by atoms with Crippen LogP contribution >= 0.6 is 11.8 Å². The lowest BCUT2D eigenvalue weighted by atomic mass is 10.4. The maximum Gasteiger partial charge on any atom is 0.323 e. The molecule has 0 saturated heterocycles. The molecule has 0 fully saturated rings. The molecule has 0 spiro atoms. The summed E-state index contributed by atoms with van der Waals surface area (Å²) in [6, 6.07) is -0.479. The van der Waals surface area contributed by atoms with E-state index in [-0.39, 0.29) is 5.97 Å². The van der Waals surface area contributed by atoms with E-state index >= 15 is 0 Å². The molecule has 0 bridgehead atoms. The van der Waals surface area contributed by atoms with E-state index in [1.54, 1.807) is 11.8 Å². The van der Waals surface area contributed by atoms with Gasteiger partial charge in [-0.15, -0.1) is 0 Å². The molecule has 2 N–H and O–H groups in total. The van der Waals surface area contributed by atoms with Crippen molar-refractivity contribution < 1.29 is 9.53 Å². The zero-order valence-corrected chi connectivity index (χ0v) is 7.98. The van der Waals surface area contributed by atoms with Crippen molar-refractivity contribution in [2.75, 3.05) is 12.9 Å². The van der Waals surface area contributed by atoms with E-state index < -0.39 is 6.04 Å². The molecule has 0 amide bonds. The highest BCUT2D eigenvalue weighted by Crippen LogP contribution is 2.09. The normalized spacial score (nSPS) is 13.2. The summed E-state index contributed by atoms with van der Waals surface area (Å²) >= 11 is 1.66. The minimum absolute atomic E-state index is 0.335. The lowest BCUT2D eigenvalue weighted by Crippen LogP contribution is -2.34. The summed E-state index contributed by atoms with van der Waals surface area (Å²) in [7, 11) is 1.35. The van der Waals surface area contributed by atoms with Crippen LogP contribution < -0.4 is 5.73 Å². The Morgan fingerprint density at radius 2 is 2.18 bits per heavy atom. The van der Waals surface area contributed by atoms with Gasteiger partial charge >= 0.3 is 5.97 Å². The summed E-state index contributed by atoms with van der Waals surface area (Å²) < 4.78 is 4.47. The first kappa shape index (κ1) is 10.8. The minimum Gasteiger partial charge on any atom is -0.468 e. The molecule has 0 aromatic rings. The first-order valence-electron chi connectivity index (χ1n) is 3.53. The highest BCUT2D eigenvalue weighted by molar-refractivity contribution is 7.99. The number of methoxy groups -OCH3 is 1. The van der Waals surface area contributed by atoms with Crippen LogP contribution in [0.5, 0.6) is 0 Å². The monoisotopic (exact) mass is 177 g/mol. The van der Waals surface area contributed by atoms with Crippen LogP contribution in [0.2, 0.25) is 0 Å². The van der Waals surface area contributed by atoms with Crippen molar-refractivity contribution in [1.82, 2.24) is 0 Å². The fourth-order valence-corrected chi connectivity index (χ4v) is 1.24. The van der Waals surface area contributed by atoms with Gasteiger partial charge in [-0.2, -0.15) is 11.8 Å². The summed E-state index contributed by atoms with van der Waals surface area (Å²) in [6.45, 7) is 4.13. The van der Waals surface area contributed by atoms with Crippen molar-refractivity contribution in [2.24, 2.45) is 5.73 Å². The third kappa shape index (κ3) is 5.09. The summed E-state index contributed by atoms with van der Waals surface area (Å²) in [5, 5.41) is 0.505. The second-order valence-corrected chi connectivity index (χ2v) is 4.12. The standard InChI is InChI=1S/C7H15NO2S/c1-5(2)11-4-6(8)7(9)10-3/h5-6H,4,8H2,1-3H3/t6-/m0/s1. The van der Waals surface area contributed by atoms with Crippen molar-refractivity contribution in [2.45, 2.75) is 25.1 Å². The number of thioether (sulfide) groups is 1. The maximum atomic E-state index is 10.8. The van der Waals surface area contributed by atoms with Crippen LogP contribution in [0.15, 0.2) is 0 Å². The van der Waals surface area contributed by atoms with Gasteiger partial charge in [0.25, 0.3) is 0 Å². The van der Waals surface area contributed by atoms with Gasteiger partial charge < -0.3 is 10.5 Å². The molecule has 66 valence electrons. The van der Waals surface area contributed by atoms with Crippen LogP contribution in [0.1, 0.15) is 13.8 Å². The zero-order valence-electron chi connectivity index (χ0n) is 7.16. The van der Waals surface area contributed by atoms with Crippen molar-refractivity contribution >= 4 is 17.7 Å². The highest BCUT2D eigenvalue weighted by Gasteiger charge is 2.13. The molecular weight excluding hydrogens is 162 g/mol. The Bertz CT molecular complexity index is 128. The predicted molar refractivity (Wildman–Crippen MR) is 47.6 cm³/mol. The quantitative estimate of drug-likeness (QED) is 0.640. The lowest BCUT2D eigenvalue weighted by Gasteiger charge is -2.09. The third-order valence-corrected chi connectivity index (χ3v) is 2.33. The third-order valence-electron chi connectivity index (χ3n) is 1.11. The maximum absolute atomic E-state index is 10.8. The molecule has 11 heavy (non-hydrogen) atoms. The number of hydrogen-bond acceptors (Lipinski definition) is 4. The predicted octanol–water partition coefficient (Wildman–Crippen LogP) is 0.628. The first-order chi connectivity index (χ1) is 5.07. The van der Waals surface area contributed by atoms with Crippen LogP contribution in [-0.4, -0.2) is 30.1 Å². The van der Waals surface area contributed by atoms with Crippen LogP contribution in [0.25, 0.3) is 0 Å². The fraction of sp³-hybridized carbons (Fsp3) is 0.857. The van der Waals surface area contributed by atoms with Crippen molar-refractivity contribution in [1.29, 1.82) is 0 Å². The molecule has 0 aromatic heterocycles. The smallest absolute Gasteiger partial charge is 0.323 e. The molecule has 0 heterocycles. The molecule has 1 atom stereocenters. The molecule has 0 saturated carbocycles. The van der Waals surface area contributed by atoms with Crippen LogP contribution in [0.3, 0.4) is 0 Å². The number of rotatable bonds is 4. The van der Waals surface area contributed by atoms with E-state index in [2.05, 4.69) is 18.6 Å². The molecule has 0 aromatic carbocycles. The molecule has 0 aliphatic rings. The van der Waals surface area contributed by atoms with Crippen LogP contribution in [-0.2, 0) is 9.53 Å². The van der Waals surface area contributed by atoms with Gasteiger partial charge in [0.1, 0.15) is 6.04 Å². The van der Waals surface area contributed by atoms with Gasteiger partial charge in [-0.05, 0) is 5.25 Å². The summed E-state index contributed by atoms with van der Waals surface area (Å²) in [5.41, 5.74) is 5.48. The minimum atomic E-state index is -0.479. The molecule has 0 rings (SSSR count). The van der Waals surface area contributed by atoms with Gasteiger partial charge in [0, 0.05) is 5.75 Å². The van der Waals surface area contributed by atoms with E-state index in [1.165, 1.54) is 7.11 Å². The number of hydrogen-bond donors (Lipinski definition) is 1. The molecular formula is C7H15NO2S. The van der Waals surface area contributed by atoms with Gasteiger partial charge in [-0.1, -0.05) is 13.8 Å². The Morgan fingerprint density at radius 3 is 2.55 bits per heavy atom. The van der Waals surface area contributed by atoms with Crippen molar-refractivity contribution in [3.63, 3.8) is 0 Å². The summed E-state index contributed by atoms with van der Waals surface area (Å²) in [6.07, 6.45) is 0. The number of carbonyl (C=O) groups is 1. The summed E-state index contributed by atoms with van der Waals surface area (Å²) in [5.74, 6) is 0.294. The van der Waals surface area contributed by atoms with E-state index in [4.69, 9.17) is 5.73 Å². The fourth-order valence-electron chi connectivity index (χ4n) is 0.516. The lowest BCUT2D eigenvalue weighted by molar-refractivity contribution is -0.141. The second-order valence-electron chi connectivity index (χ2n) is 2.51. The molecule has 3 nitrogen and oxygen atoms in total. The van der Waals surface area contributed by atoms with Crippen LogP contribution in [0.4, 0.5) is 0 Å². The number of ether oxygens (including phenoxy) is 1. The molecule has 4 heteroatoms. The number of nitrogens with two attached hydrogens (primary N) is 1. The Labute approximate surface area is 71.7 Å².